The zero-order valence-corrected chi connectivity index (χ0v) is 5.08. The van der Waals surface area contributed by atoms with Crippen LogP contribution < -0.4 is 0 Å². The van der Waals surface area contributed by atoms with Crippen LogP contribution in [0.4, 0.5) is 4.39 Å². The van der Waals surface area contributed by atoms with Crippen molar-refractivity contribution in [2.24, 2.45) is 0 Å². The van der Waals surface area contributed by atoms with Gasteiger partial charge in [0.1, 0.15) is 5.82 Å². The fourth-order valence-electron chi connectivity index (χ4n) is 0.831. The SMILES string of the molecule is Fc1ccc2[c]cnn2c1. The maximum absolute atomic E-state index is 12.4. The summed E-state index contributed by atoms with van der Waals surface area (Å²) < 4.78 is 13.9. The van der Waals surface area contributed by atoms with Crippen LogP contribution in [0.5, 0.6) is 0 Å². The lowest BCUT2D eigenvalue weighted by atomic mass is 10.4. The summed E-state index contributed by atoms with van der Waals surface area (Å²) in [5, 5.41) is 3.80. The number of hydrogen-bond acceptors (Lipinski definition) is 1. The Bertz CT molecular complexity index is 353. The van der Waals surface area contributed by atoms with E-state index in [0.717, 1.165) is 5.52 Å². The summed E-state index contributed by atoms with van der Waals surface area (Å²) in [5.41, 5.74) is 0.779. The van der Waals surface area contributed by atoms with Crippen molar-refractivity contribution < 1.29 is 4.39 Å². The fraction of sp³-hybridized carbons (Fsp3) is 0. The molecule has 2 nitrogen and oxygen atoms in total. The molecule has 0 aliphatic rings. The highest BCUT2D eigenvalue weighted by Crippen LogP contribution is 2.01. The third-order valence-electron chi connectivity index (χ3n) is 1.29. The van der Waals surface area contributed by atoms with Gasteiger partial charge in [0.05, 0.1) is 17.9 Å². The van der Waals surface area contributed by atoms with Crippen molar-refractivity contribution in [2.75, 3.05) is 0 Å². The van der Waals surface area contributed by atoms with E-state index in [1.807, 2.05) is 0 Å². The van der Waals surface area contributed by atoms with Crippen molar-refractivity contribution in [3.8, 4) is 0 Å². The van der Waals surface area contributed by atoms with E-state index in [1.54, 1.807) is 6.07 Å². The lowest BCUT2D eigenvalue weighted by Gasteiger charge is -1.89. The molecular weight excluding hydrogens is 131 g/mol. The molecule has 0 fully saturated rings. The van der Waals surface area contributed by atoms with Gasteiger partial charge in [-0.15, -0.1) is 0 Å². The van der Waals surface area contributed by atoms with E-state index in [9.17, 15) is 4.39 Å². The van der Waals surface area contributed by atoms with E-state index in [1.165, 1.54) is 23.0 Å². The number of fused-ring (bicyclic) bond motifs is 1. The van der Waals surface area contributed by atoms with Crippen LogP contribution in [0, 0.1) is 11.9 Å². The van der Waals surface area contributed by atoms with Gasteiger partial charge in [-0.1, -0.05) is 0 Å². The van der Waals surface area contributed by atoms with Crippen LogP contribution in [-0.4, -0.2) is 9.61 Å². The minimum atomic E-state index is -0.287. The quantitative estimate of drug-likeness (QED) is 0.531. The van der Waals surface area contributed by atoms with Gasteiger partial charge < -0.3 is 0 Å². The Morgan fingerprint density at radius 2 is 2.40 bits per heavy atom. The molecule has 0 atom stereocenters. The molecule has 0 saturated carbocycles. The van der Waals surface area contributed by atoms with Gasteiger partial charge >= 0.3 is 0 Å². The van der Waals surface area contributed by atoms with Gasteiger partial charge in [0.2, 0.25) is 0 Å². The van der Waals surface area contributed by atoms with Crippen molar-refractivity contribution in [1.82, 2.24) is 9.61 Å². The topological polar surface area (TPSA) is 17.3 Å². The minimum absolute atomic E-state index is 0.287. The molecule has 49 valence electrons. The van der Waals surface area contributed by atoms with E-state index in [4.69, 9.17) is 0 Å². The summed E-state index contributed by atoms with van der Waals surface area (Å²) in [6, 6.07) is 5.84. The fourth-order valence-corrected chi connectivity index (χ4v) is 0.831. The Morgan fingerprint density at radius 3 is 3.30 bits per heavy atom. The average molecular weight is 135 g/mol. The van der Waals surface area contributed by atoms with Crippen LogP contribution in [0.1, 0.15) is 0 Å². The maximum atomic E-state index is 12.4. The molecule has 1 radical (unpaired) electrons. The average Bonchev–Trinajstić information content (AvgIpc) is 2.33. The second-order valence-electron chi connectivity index (χ2n) is 1.97. The van der Waals surface area contributed by atoms with Crippen LogP contribution >= 0.6 is 0 Å². The highest BCUT2D eigenvalue weighted by molar-refractivity contribution is 5.43. The van der Waals surface area contributed by atoms with Gasteiger partial charge in [-0.2, -0.15) is 5.10 Å². The number of rotatable bonds is 0. The monoisotopic (exact) mass is 135 g/mol. The summed E-state index contributed by atoms with van der Waals surface area (Å²) in [5.74, 6) is -0.287. The number of nitrogens with zero attached hydrogens (tertiary/aromatic N) is 2. The first-order chi connectivity index (χ1) is 4.86. The molecule has 0 unspecified atom stereocenters. The largest absolute Gasteiger partial charge is 0.237 e. The molecule has 0 aliphatic heterocycles. The molecule has 0 aromatic carbocycles. The van der Waals surface area contributed by atoms with Crippen molar-refractivity contribution in [3.05, 3.63) is 36.4 Å². The van der Waals surface area contributed by atoms with Crippen LogP contribution in [0.2, 0.25) is 0 Å². The Balaban J connectivity index is 2.86. The molecule has 0 spiro atoms. The van der Waals surface area contributed by atoms with Crippen LogP contribution in [0.3, 0.4) is 0 Å². The lowest BCUT2D eigenvalue weighted by molar-refractivity contribution is 0.615. The second kappa shape index (κ2) is 1.80. The molecule has 0 amide bonds. The highest BCUT2D eigenvalue weighted by Gasteiger charge is 1.93. The summed E-state index contributed by atoms with van der Waals surface area (Å²) in [4.78, 5) is 0. The Hall–Kier alpha value is -1.38. The summed E-state index contributed by atoms with van der Waals surface area (Å²) in [6.45, 7) is 0. The van der Waals surface area contributed by atoms with Crippen molar-refractivity contribution >= 4 is 5.52 Å². The Kier molecular flexibility index (Phi) is 0.974. The van der Waals surface area contributed by atoms with Gasteiger partial charge in [0.25, 0.3) is 0 Å². The highest BCUT2D eigenvalue weighted by atomic mass is 19.1. The molecule has 0 saturated heterocycles. The third-order valence-corrected chi connectivity index (χ3v) is 1.29. The molecule has 0 bridgehead atoms. The molecule has 3 heteroatoms. The molecule has 10 heavy (non-hydrogen) atoms. The van der Waals surface area contributed by atoms with Crippen LogP contribution in [0.25, 0.3) is 5.52 Å². The molecule has 0 aliphatic carbocycles. The zero-order valence-electron chi connectivity index (χ0n) is 5.08. The first kappa shape index (κ1) is 5.41. The smallest absolute Gasteiger partial charge is 0.141 e. The summed E-state index contributed by atoms with van der Waals surface area (Å²) in [6.07, 6.45) is 2.82. The lowest BCUT2D eigenvalue weighted by Crippen LogP contribution is -1.86. The predicted molar refractivity (Wildman–Crippen MR) is 34.0 cm³/mol. The molecule has 2 heterocycles. The van der Waals surface area contributed by atoms with E-state index < -0.39 is 0 Å². The molecule has 0 N–H and O–H groups in total. The first-order valence-corrected chi connectivity index (χ1v) is 2.87. The van der Waals surface area contributed by atoms with Crippen molar-refractivity contribution in [2.45, 2.75) is 0 Å². The zero-order chi connectivity index (χ0) is 6.97. The Morgan fingerprint density at radius 1 is 1.50 bits per heavy atom. The summed E-state index contributed by atoms with van der Waals surface area (Å²) in [7, 11) is 0. The number of pyridine rings is 1. The van der Waals surface area contributed by atoms with E-state index in [2.05, 4.69) is 11.2 Å². The number of aromatic nitrogens is 2. The van der Waals surface area contributed by atoms with Gasteiger partial charge in [-0.05, 0) is 12.1 Å². The maximum Gasteiger partial charge on any atom is 0.141 e. The Labute approximate surface area is 56.9 Å². The standard InChI is InChI=1S/C7H4FN2/c8-6-1-2-7-3-4-9-10(7)5-6/h1-2,4-5H. The van der Waals surface area contributed by atoms with Gasteiger partial charge in [0.15, 0.2) is 0 Å². The predicted octanol–water partition coefficient (Wildman–Crippen LogP) is 1.27. The minimum Gasteiger partial charge on any atom is -0.237 e. The molecule has 2 aromatic rings. The second-order valence-corrected chi connectivity index (χ2v) is 1.97. The van der Waals surface area contributed by atoms with Crippen LogP contribution in [0.15, 0.2) is 24.5 Å². The van der Waals surface area contributed by atoms with E-state index in [0.29, 0.717) is 0 Å². The van der Waals surface area contributed by atoms with E-state index >= 15 is 0 Å². The van der Waals surface area contributed by atoms with Crippen LogP contribution in [-0.2, 0) is 0 Å². The van der Waals surface area contributed by atoms with Crippen molar-refractivity contribution in [1.29, 1.82) is 0 Å². The normalized spacial score (nSPS) is 10.5. The molecule has 2 aromatic heterocycles. The number of halogens is 1. The summed E-state index contributed by atoms with van der Waals surface area (Å²) >= 11 is 0. The van der Waals surface area contributed by atoms with Crippen molar-refractivity contribution in [3.63, 3.8) is 0 Å². The molecular formula is C7H4FN2. The number of hydrogen-bond donors (Lipinski definition) is 0. The van der Waals surface area contributed by atoms with Gasteiger partial charge in [0, 0.05) is 6.07 Å². The molecule has 2 rings (SSSR count). The van der Waals surface area contributed by atoms with E-state index in [-0.39, 0.29) is 5.82 Å². The first-order valence-electron chi connectivity index (χ1n) is 2.87. The van der Waals surface area contributed by atoms with Gasteiger partial charge in [-0.3, -0.25) is 0 Å². The van der Waals surface area contributed by atoms with Gasteiger partial charge in [-0.25, -0.2) is 8.91 Å². The third kappa shape index (κ3) is 0.673.